The van der Waals surface area contributed by atoms with Crippen molar-refractivity contribution in [3.05, 3.63) is 11.5 Å². The SMILES string of the molecule is CCCCCCc1nc2c([nH]1)C(=O)N(C)C1=N[C@H]3CCC[C@H]3N12. The molecule has 0 spiro atoms. The number of carbonyl (C=O) groups is 1. The highest BCUT2D eigenvalue weighted by Crippen LogP contribution is 2.39. The van der Waals surface area contributed by atoms with Crippen LogP contribution in [-0.2, 0) is 6.42 Å². The van der Waals surface area contributed by atoms with Crippen molar-refractivity contribution in [2.45, 2.75) is 70.4 Å². The number of aromatic amines is 1. The normalized spacial score (nSPS) is 25.5. The summed E-state index contributed by atoms with van der Waals surface area (Å²) in [5.41, 5.74) is 0.643. The Bertz CT molecular complexity index is 649. The van der Waals surface area contributed by atoms with Crippen LogP contribution in [0.15, 0.2) is 4.99 Å². The topological polar surface area (TPSA) is 64.6 Å². The zero-order valence-electron chi connectivity index (χ0n) is 14.0. The molecule has 1 aliphatic carbocycles. The third-order valence-electron chi connectivity index (χ3n) is 5.32. The van der Waals surface area contributed by atoms with E-state index in [1.165, 1.54) is 25.7 Å². The largest absolute Gasteiger partial charge is 0.336 e. The van der Waals surface area contributed by atoms with Crippen LogP contribution in [0.2, 0.25) is 0 Å². The minimum absolute atomic E-state index is 0.0118. The number of H-pyrrole nitrogens is 1. The Morgan fingerprint density at radius 1 is 1.26 bits per heavy atom. The van der Waals surface area contributed by atoms with Gasteiger partial charge >= 0.3 is 0 Å². The van der Waals surface area contributed by atoms with E-state index in [9.17, 15) is 4.79 Å². The van der Waals surface area contributed by atoms with E-state index >= 15 is 0 Å². The number of rotatable bonds is 5. The Balaban J connectivity index is 1.62. The quantitative estimate of drug-likeness (QED) is 0.850. The Morgan fingerprint density at radius 3 is 2.96 bits per heavy atom. The number of anilines is 1. The van der Waals surface area contributed by atoms with E-state index in [0.717, 1.165) is 43.3 Å². The van der Waals surface area contributed by atoms with Gasteiger partial charge in [-0.3, -0.25) is 14.6 Å². The highest BCUT2D eigenvalue weighted by atomic mass is 16.2. The van der Waals surface area contributed by atoms with Crippen molar-refractivity contribution in [2.75, 3.05) is 11.9 Å². The van der Waals surface area contributed by atoms with Crippen LogP contribution in [0, 0.1) is 0 Å². The molecule has 0 radical (unpaired) electrons. The average molecular weight is 315 g/mol. The first-order chi connectivity index (χ1) is 11.2. The Hall–Kier alpha value is -1.85. The number of unbranched alkanes of at least 4 members (excludes halogenated alkanes) is 3. The minimum Gasteiger partial charge on any atom is -0.336 e. The van der Waals surface area contributed by atoms with Crippen LogP contribution in [0.1, 0.15) is 68.2 Å². The maximum Gasteiger partial charge on any atom is 0.280 e. The molecule has 2 aliphatic heterocycles. The van der Waals surface area contributed by atoms with E-state index in [-0.39, 0.29) is 5.91 Å². The van der Waals surface area contributed by atoms with Gasteiger partial charge in [0.05, 0.1) is 12.1 Å². The van der Waals surface area contributed by atoms with E-state index in [0.29, 0.717) is 17.8 Å². The summed E-state index contributed by atoms with van der Waals surface area (Å²) in [7, 11) is 1.82. The van der Waals surface area contributed by atoms with Crippen LogP contribution in [0.3, 0.4) is 0 Å². The number of carbonyl (C=O) groups excluding carboxylic acids is 1. The van der Waals surface area contributed by atoms with Gasteiger partial charge in [0.1, 0.15) is 11.5 Å². The molecule has 1 N–H and O–H groups in total. The van der Waals surface area contributed by atoms with Crippen molar-refractivity contribution in [1.82, 2.24) is 14.9 Å². The van der Waals surface area contributed by atoms with Gasteiger partial charge in [-0.1, -0.05) is 26.2 Å². The summed E-state index contributed by atoms with van der Waals surface area (Å²) < 4.78 is 0. The molecule has 6 heteroatoms. The van der Waals surface area contributed by atoms with E-state index < -0.39 is 0 Å². The fourth-order valence-electron chi connectivity index (χ4n) is 4.06. The molecule has 1 aromatic rings. The number of aliphatic imine (C=N–C) groups is 1. The summed E-state index contributed by atoms with van der Waals surface area (Å²) in [4.78, 5) is 29.4. The average Bonchev–Trinajstić information content (AvgIpc) is 3.22. The maximum absolute atomic E-state index is 12.6. The van der Waals surface area contributed by atoms with E-state index in [1.807, 2.05) is 7.05 Å². The molecule has 124 valence electrons. The minimum atomic E-state index is -0.0118. The summed E-state index contributed by atoms with van der Waals surface area (Å²) in [6.07, 6.45) is 9.22. The van der Waals surface area contributed by atoms with Gasteiger partial charge in [0.2, 0.25) is 5.96 Å². The fraction of sp³-hybridized carbons (Fsp3) is 0.706. The van der Waals surface area contributed by atoms with E-state index in [1.54, 1.807) is 4.90 Å². The second kappa shape index (κ2) is 5.65. The smallest absolute Gasteiger partial charge is 0.280 e. The molecule has 1 fully saturated rings. The maximum atomic E-state index is 12.6. The van der Waals surface area contributed by atoms with Gasteiger partial charge in [-0.15, -0.1) is 0 Å². The summed E-state index contributed by atoms with van der Waals surface area (Å²) >= 11 is 0. The molecule has 0 aromatic carbocycles. The van der Waals surface area contributed by atoms with Gasteiger partial charge in [0.15, 0.2) is 5.82 Å². The lowest BCUT2D eigenvalue weighted by Crippen LogP contribution is -2.51. The van der Waals surface area contributed by atoms with Crippen LogP contribution in [-0.4, -0.2) is 45.9 Å². The van der Waals surface area contributed by atoms with Gasteiger partial charge in [-0.25, -0.2) is 9.98 Å². The third kappa shape index (κ3) is 2.26. The number of amides is 1. The Labute approximate surface area is 137 Å². The number of fused-ring (bicyclic) bond motifs is 5. The first-order valence-corrected chi connectivity index (χ1v) is 8.94. The molecular formula is C17H25N5O. The number of nitrogens with zero attached hydrogens (tertiary/aromatic N) is 4. The van der Waals surface area contributed by atoms with Crippen molar-refractivity contribution in [2.24, 2.45) is 4.99 Å². The molecule has 3 aliphatic rings. The summed E-state index contributed by atoms with van der Waals surface area (Å²) in [5.74, 6) is 2.53. The zero-order valence-corrected chi connectivity index (χ0v) is 14.0. The van der Waals surface area contributed by atoms with Gasteiger partial charge in [-0.2, -0.15) is 0 Å². The fourth-order valence-corrected chi connectivity index (χ4v) is 4.06. The second-order valence-electron chi connectivity index (χ2n) is 6.92. The highest BCUT2D eigenvalue weighted by Gasteiger charge is 2.48. The lowest BCUT2D eigenvalue weighted by Gasteiger charge is -2.33. The summed E-state index contributed by atoms with van der Waals surface area (Å²) in [6.45, 7) is 2.21. The molecule has 23 heavy (non-hydrogen) atoms. The van der Waals surface area contributed by atoms with Crippen LogP contribution in [0.4, 0.5) is 5.82 Å². The third-order valence-corrected chi connectivity index (χ3v) is 5.32. The van der Waals surface area contributed by atoms with Crippen LogP contribution in [0.25, 0.3) is 0 Å². The van der Waals surface area contributed by atoms with Crippen molar-refractivity contribution in [1.29, 1.82) is 0 Å². The number of imidazole rings is 1. The molecule has 4 rings (SSSR count). The monoisotopic (exact) mass is 315 g/mol. The lowest BCUT2D eigenvalue weighted by atomic mass is 10.1. The Morgan fingerprint density at radius 2 is 2.13 bits per heavy atom. The van der Waals surface area contributed by atoms with Crippen molar-refractivity contribution < 1.29 is 4.79 Å². The number of guanidine groups is 1. The first kappa shape index (κ1) is 14.7. The molecule has 1 amide bonds. The van der Waals surface area contributed by atoms with Crippen LogP contribution in [0.5, 0.6) is 0 Å². The lowest BCUT2D eigenvalue weighted by molar-refractivity contribution is 0.0859. The molecule has 1 aromatic heterocycles. The van der Waals surface area contributed by atoms with Crippen LogP contribution >= 0.6 is 0 Å². The number of hydrogen-bond donors (Lipinski definition) is 1. The summed E-state index contributed by atoms with van der Waals surface area (Å²) in [6, 6.07) is 0.714. The second-order valence-corrected chi connectivity index (χ2v) is 6.92. The number of nitrogens with one attached hydrogen (secondary N) is 1. The van der Waals surface area contributed by atoms with Crippen LogP contribution < -0.4 is 4.90 Å². The predicted molar refractivity (Wildman–Crippen MR) is 89.9 cm³/mol. The van der Waals surface area contributed by atoms with Gasteiger partial charge in [0, 0.05) is 13.5 Å². The van der Waals surface area contributed by atoms with Crippen molar-refractivity contribution in [3.63, 3.8) is 0 Å². The molecule has 6 nitrogen and oxygen atoms in total. The molecule has 1 saturated carbocycles. The summed E-state index contributed by atoms with van der Waals surface area (Å²) in [5, 5.41) is 0. The molecule has 0 saturated heterocycles. The highest BCUT2D eigenvalue weighted by molar-refractivity contribution is 6.18. The standard InChI is InChI=1S/C17H25N5O/c1-3-4-5-6-10-13-19-14-15(20-13)22-12-9-7-8-11(12)18-17(22)21(2)16(14)23/h11-12H,3-10H2,1-2H3,(H,19,20)/t11-,12+/m0/s1. The molecule has 2 atom stereocenters. The molecule has 0 unspecified atom stereocenters. The Kier molecular flexibility index (Phi) is 3.62. The van der Waals surface area contributed by atoms with Gasteiger partial charge in [-0.05, 0) is 25.7 Å². The number of aromatic nitrogens is 2. The first-order valence-electron chi connectivity index (χ1n) is 8.94. The van der Waals surface area contributed by atoms with E-state index in [4.69, 9.17) is 9.98 Å². The molecule has 3 heterocycles. The zero-order chi connectivity index (χ0) is 16.0. The van der Waals surface area contributed by atoms with E-state index in [2.05, 4.69) is 16.8 Å². The predicted octanol–water partition coefficient (Wildman–Crippen LogP) is 2.72. The molecule has 0 bridgehead atoms. The molecular weight excluding hydrogens is 290 g/mol. The van der Waals surface area contributed by atoms with Crippen molar-refractivity contribution in [3.8, 4) is 0 Å². The number of aryl methyl sites for hydroxylation is 1. The van der Waals surface area contributed by atoms with Gasteiger partial charge < -0.3 is 4.98 Å². The number of hydrogen-bond acceptors (Lipinski definition) is 4. The van der Waals surface area contributed by atoms with Crippen molar-refractivity contribution >= 4 is 17.7 Å². The van der Waals surface area contributed by atoms with Gasteiger partial charge in [0.25, 0.3) is 5.91 Å².